The minimum atomic E-state index is -0.273. The number of amides is 2. The highest BCUT2D eigenvalue weighted by Crippen LogP contribution is 2.16. The number of ether oxygens (including phenoxy) is 2. The number of hydrogen-bond acceptors (Lipinski definition) is 4. The first-order chi connectivity index (χ1) is 11.5. The van der Waals surface area contributed by atoms with E-state index in [1.165, 1.54) is 0 Å². The number of carbonyl (C=O) groups excluding carboxylic acids is 2. The molecule has 2 rings (SSSR count). The van der Waals surface area contributed by atoms with Crippen LogP contribution in [0.2, 0.25) is 0 Å². The third-order valence-electron chi connectivity index (χ3n) is 4.27. The van der Waals surface area contributed by atoms with Crippen LogP contribution in [0.5, 0.6) is 5.75 Å². The van der Waals surface area contributed by atoms with Crippen LogP contribution >= 0.6 is 0 Å². The van der Waals surface area contributed by atoms with Crippen molar-refractivity contribution in [3.8, 4) is 5.75 Å². The minimum absolute atomic E-state index is 0.0390. The van der Waals surface area contributed by atoms with Crippen molar-refractivity contribution in [3.05, 3.63) is 24.3 Å². The first kappa shape index (κ1) is 18.1. The maximum absolute atomic E-state index is 12.5. The van der Waals surface area contributed by atoms with Crippen molar-refractivity contribution >= 4 is 17.7 Å². The molecule has 2 amide bonds. The molecule has 24 heavy (non-hydrogen) atoms. The lowest BCUT2D eigenvalue weighted by Gasteiger charge is -2.34. The van der Waals surface area contributed by atoms with Gasteiger partial charge < -0.3 is 19.7 Å². The zero-order valence-corrected chi connectivity index (χ0v) is 14.5. The van der Waals surface area contributed by atoms with Crippen molar-refractivity contribution in [1.82, 2.24) is 4.90 Å². The highest BCUT2D eigenvalue weighted by Gasteiger charge is 2.31. The van der Waals surface area contributed by atoms with E-state index in [2.05, 4.69) is 5.32 Å². The Hall–Kier alpha value is -2.28. The Morgan fingerprint density at radius 2 is 2.04 bits per heavy atom. The van der Waals surface area contributed by atoms with Gasteiger partial charge >= 0.3 is 6.09 Å². The monoisotopic (exact) mass is 336 g/mol. The molecule has 7 nitrogen and oxygen atoms in total. The number of quaternary nitrogens is 1. The largest absolute Gasteiger partial charge is 0.497 e. The van der Waals surface area contributed by atoms with Crippen LogP contribution in [-0.4, -0.2) is 62.8 Å². The molecule has 2 N–H and O–H groups in total. The maximum atomic E-state index is 12.5. The Kier molecular flexibility index (Phi) is 6.43. The van der Waals surface area contributed by atoms with Gasteiger partial charge in [-0.2, -0.15) is 0 Å². The fraction of sp³-hybridized carbons (Fsp3) is 0.529. The lowest BCUT2D eigenvalue weighted by Crippen LogP contribution is -3.19. The molecule has 7 heteroatoms. The van der Waals surface area contributed by atoms with Gasteiger partial charge in [-0.15, -0.1) is 0 Å². The first-order valence-corrected chi connectivity index (χ1v) is 8.26. The van der Waals surface area contributed by atoms with Gasteiger partial charge in [-0.1, -0.05) is 6.07 Å². The van der Waals surface area contributed by atoms with Gasteiger partial charge in [-0.3, -0.25) is 9.69 Å². The fourth-order valence-electron chi connectivity index (χ4n) is 2.76. The van der Waals surface area contributed by atoms with Crippen molar-refractivity contribution in [2.24, 2.45) is 0 Å². The zero-order chi connectivity index (χ0) is 17.5. The number of rotatable bonds is 5. The Balaban J connectivity index is 1.86. The second-order valence-corrected chi connectivity index (χ2v) is 5.79. The van der Waals surface area contributed by atoms with Gasteiger partial charge in [-0.05, 0) is 26.0 Å². The average molecular weight is 336 g/mol. The zero-order valence-electron chi connectivity index (χ0n) is 14.5. The van der Waals surface area contributed by atoms with E-state index in [4.69, 9.17) is 9.47 Å². The molecule has 1 fully saturated rings. The Morgan fingerprint density at radius 3 is 2.67 bits per heavy atom. The molecule has 1 aromatic rings. The van der Waals surface area contributed by atoms with Crippen LogP contribution in [-0.2, 0) is 9.53 Å². The van der Waals surface area contributed by atoms with Crippen LogP contribution < -0.4 is 15.0 Å². The van der Waals surface area contributed by atoms with E-state index in [-0.39, 0.29) is 18.0 Å². The van der Waals surface area contributed by atoms with Gasteiger partial charge in [-0.25, -0.2) is 4.79 Å². The summed E-state index contributed by atoms with van der Waals surface area (Å²) in [5.41, 5.74) is 0.718. The highest BCUT2D eigenvalue weighted by atomic mass is 16.6. The summed E-state index contributed by atoms with van der Waals surface area (Å²) >= 11 is 0. The number of hydrogen-bond donors (Lipinski definition) is 2. The third-order valence-corrected chi connectivity index (χ3v) is 4.27. The molecular weight excluding hydrogens is 310 g/mol. The first-order valence-electron chi connectivity index (χ1n) is 8.26. The minimum Gasteiger partial charge on any atom is -0.497 e. The molecule has 0 bridgehead atoms. The fourth-order valence-corrected chi connectivity index (χ4v) is 2.76. The molecule has 0 aromatic heterocycles. The summed E-state index contributed by atoms with van der Waals surface area (Å²) in [6, 6.07) is 7.10. The second kappa shape index (κ2) is 8.54. The van der Waals surface area contributed by atoms with E-state index in [1.807, 2.05) is 25.1 Å². The SMILES string of the molecule is CCOC(=O)N1CC[NH+]([C@@H](C)C(=O)Nc2cccc(OC)c2)CC1. The number of piperazine rings is 1. The number of nitrogens with one attached hydrogen (secondary N) is 2. The van der Waals surface area contributed by atoms with E-state index in [0.29, 0.717) is 25.4 Å². The van der Waals surface area contributed by atoms with Crippen molar-refractivity contribution < 1.29 is 24.0 Å². The van der Waals surface area contributed by atoms with Gasteiger partial charge in [0.15, 0.2) is 6.04 Å². The number of benzene rings is 1. The molecule has 0 radical (unpaired) electrons. The summed E-state index contributed by atoms with van der Waals surface area (Å²) in [5, 5.41) is 2.92. The smallest absolute Gasteiger partial charge is 0.410 e. The Labute approximate surface area is 142 Å². The predicted molar refractivity (Wildman–Crippen MR) is 90.4 cm³/mol. The number of anilines is 1. The lowest BCUT2D eigenvalue weighted by atomic mass is 10.2. The number of nitrogens with zero attached hydrogens (tertiary/aromatic N) is 1. The molecule has 132 valence electrons. The molecule has 1 aliphatic rings. The van der Waals surface area contributed by atoms with Crippen molar-refractivity contribution in [2.75, 3.05) is 45.2 Å². The molecule has 0 aliphatic carbocycles. The predicted octanol–water partition coefficient (Wildman–Crippen LogP) is 0.379. The molecule has 1 aliphatic heterocycles. The van der Waals surface area contributed by atoms with Gasteiger partial charge in [0, 0.05) is 11.8 Å². The molecule has 0 spiro atoms. The van der Waals surface area contributed by atoms with Gasteiger partial charge in [0.2, 0.25) is 0 Å². The van der Waals surface area contributed by atoms with Crippen molar-refractivity contribution in [2.45, 2.75) is 19.9 Å². The normalized spacial score (nSPS) is 16.4. The van der Waals surface area contributed by atoms with Gasteiger partial charge in [0.1, 0.15) is 5.75 Å². The molecular formula is C17H26N3O4+. The summed E-state index contributed by atoms with van der Waals surface area (Å²) < 4.78 is 10.2. The molecule has 1 atom stereocenters. The highest BCUT2D eigenvalue weighted by molar-refractivity contribution is 5.93. The summed E-state index contributed by atoms with van der Waals surface area (Å²) in [7, 11) is 1.59. The Bertz CT molecular complexity index is 571. The van der Waals surface area contributed by atoms with Gasteiger partial charge in [0.05, 0.1) is 39.9 Å². The summed E-state index contributed by atoms with van der Waals surface area (Å²) in [4.78, 5) is 27.0. The number of methoxy groups -OCH3 is 1. The molecule has 1 aromatic carbocycles. The molecule has 1 saturated heterocycles. The standard InChI is InChI=1S/C17H25N3O4/c1-4-24-17(22)20-10-8-19(9-11-20)13(2)16(21)18-14-6-5-7-15(12-14)23-3/h5-7,12-13H,4,8-11H2,1-3H3,(H,18,21)/p+1/t13-/m0/s1. The van der Waals surface area contributed by atoms with Crippen molar-refractivity contribution in [3.63, 3.8) is 0 Å². The van der Waals surface area contributed by atoms with E-state index < -0.39 is 0 Å². The summed E-state index contributed by atoms with van der Waals surface area (Å²) in [5.74, 6) is 0.665. The van der Waals surface area contributed by atoms with Crippen LogP contribution in [0.25, 0.3) is 0 Å². The van der Waals surface area contributed by atoms with Crippen LogP contribution in [0.3, 0.4) is 0 Å². The van der Waals surface area contributed by atoms with E-state index in [9.17, 15) is 9.59 Å². The quantitative estimate of drug-likeness (QED) is 0.815. The van der Waals surface area contributed by atoms with E-state index in [1.54, 1.807) is 25.0 Å². The second-order valence-electron chi connectivity index (χ2n) is 5.79. The van der Waals surface area contributed by atoms with Gasteiger partial charge in [0.25, 0.3) is 5.91 Å². The summed E-state index contributed by atoms with van der Waals surface area (Å²) in [6.07, 6.45) is -0.273. The maximum Gasteiger partial charge on any atom is 0.410 e. The number of carbonyl (C=O) groups is 2. The average Bonchev–Trinajstić information content (AvgIpc) is 2.61. The molecule has 0 saturated carbocycles. The van der Waals surface area contributed by atoms with E-state index >= 15 is 0 Å². The van der Waals surface area contributed by atoms with Crippen LogP contribution in [0.1, 0.15) is 13.8 Å². The lowest BCUT2D eigenvalue weighted by molar-refractivity contribution is -0.917. The van der Waals surface area contributed by atoms with Crippen molar-refractivity contribution in [1.29, 1.82) is 0 Å². The van der Waals surface area contributed by atoms with Crippen LogP contribution in [0.15, 0.2) is 24.3 Å². The van der Waals surface area contributed by atoms with Crippen LogP contribution in [0, 0.1) is 0 Å². The van der Waals surface area contributed by atoms with E-state index in [0.717, 1.165) is 23.7 Å². The van der Waals surface area contributed by atoms with Crippen LogP contribution in [0.4, 0.5) is 10.5 Å². The summed E-state index contributed by atoms with van der Waals surface area (Å²) in [6.45, 7) is 6.74. The third kappa shape index (κ3) is 4.61. The topological polar surface area (TPSA) is 72.3 Å². The molecule has 0 unspecified atom stereocenters. The Morgan fingerprint density at radius 1 is 1.33 bits per heavy atom. The molecule has 1 heterocycles.